The van der Waals surface area contributed by atoms with Crippen LogP contribution >= 0.6 is 7.75 Å². The highest BCUT2D eigenvalue weighted by Gasteiger charge is 2.30. The molecule has 13 nitrogen and oxygen atoms in total. The molecule has 36 heavy (non-hydrogen) atoms. The number of aromatic nitrogens is 5. The maximum Gasteiger partial charge on any atom is 0.237 e. The molecule has 4 aromatic rings. The molecule has 190 valence electrons. The molecule has 14 heteroatoms. The van der Waals surface area contributed by atoms with Crippen LogP contribution < -0.4 is 21.0 Å². The van der Waals surface area contributed by atoms with Gasteiger partial charge >= 0.3 is 0 Å². The minimum Gasteiger partial charge on any atom is -0.766 e. The number of para-hydroxylation sites is 1. The molecule has 1 unspecified atom stereocenters. The van der Waals surface area contributed by atoms with E-state index in [0.29, 0.717) is 24.0 Å². The molecule has 1 aromatic carbocycles. The lowest BCUT2D eigenvalue weighted by atomic mass is 10.1. The van der Waals surface area contributed by atoms with Crippen LogP contribution in [-0.2, 0) is 25.0 Å². The number of likely N-dealkylation sites (N-methyl/N-ethyl adjacent to an activating group) is 1. The smallest absolute Gasteiger partial charge is 0.237 e. The number of rotatable bonds is 9. The Bertz CT molecular complexity index is 1440. The Morgan fingerprint density at radius 2 is 2.19 bits per heavy atom. The minimum atomic E-state index is -4.58. The summed E-state index contributed by atoms with van der Waals surface area (Å²) in [6, 6.07) is 6.55. The molecule has 4 heterocycles. The Hall–Kier alpha value is -3.35. The summed E-state index contributed by atoms with van der Waals surface area (Å²) in [4.78, 5) is 40.7. The van der Waals surface area contributed by atoms with Gasteiger partial charge in [0.2, 0.25) is 13.7 Å². The molecule has 0 radical (unpaired) electrons. The third-order valence-corrected chi connectivity index (χ3v) is 7.31. The van der Waals surface area contributed by atoms with Gasteiger partial charge in [0, 0.05) is 24.1 Å². The van der Waals surface area contributed by atoms with Crippen molar-refractivity contribution in [3.05, 3.63) is 48.7 Å². The number of nitrogens with one attached hydrogen (secondary N) is 3. The number of anilines is 1. The number of nitrogens with zero attached hydrogens (tertiary/aromatic N) is 4. The predicted octanol–water partition coefficient (Wildman–Crippen LogP) is 0.999. The van der Waals surface area contributed by atoms with Crippen molar-refractivity contribution in [2.45, 2.75) is 37.6 Å². The molecule has 5 N–H and O–H groups in total. The molecule has 0 spiro atoms. The Balaban J connectivity index is 1.21. The molecule has 0 saturated carbocycles. The van der Waals surface area contributed by atoms with Crippen molar-refractivity contribution >= 4 is 41.5 Å². The summed E-state index contributed by atoms with van der Waals surface area (Å²) in [6.45, 7) is -0.193. The van der Waals surface area contributed by atoms with Crippen LogP contribution in [0.1, 0.15) is 24.6 Å². The molecule has 5 rings (SSSR count). The lowest BCUT2D eigenvalue weighted by molar-refractivity contribution is -0.205. The lowest BCUT2D eigenvalue weighted by Crippen LogP contribution is -2.45. The van der Waals surface area contributed by atoms with Gasteiger partial charge in [0.05, 0.1) is 25.1 Å². The van der Waals surface area contributed by atoms with E-state index in [1.54, 1.807) is 17.1 Å². The highest BCUT2D eigenvalue weighted by atomic mass is 31.2. The maximum atomic E-state index is 12.7. The summed E-state index contributed by atoms with van der Waals surface area (Å²) >= 11 is 0. The third kappa shape index (κ3) is 4.97. The average Bonchev–Trinajstić information content (AvgIpc) is 3.61. The summed E-state index contributed by atoms with van der Waals surface area (Å²) in [7, 11) is -3.13. The number of nitrogens with two attached hydrogens (primary N) is 1. The van der Waals surface area contributed by atoms with E-state index < -0.39 is 32.0 Å². The van der Waals surface area contributed by atoms with Gasteiger partial charge in [-0.1, -0.05) is 18.2 Å². The van der Waals surface area contributed by atoms with Crippen LogP contribution in [0.15, 0.2) is 43.1 Å². The number of benzene rings is 1. The highest BCUT2D eigenvalue weighted by Crippen LogP contribution is 2.37. The van der Waals surface area contributed by atoms with E-state index in [1.165, 1.54) is 13.4 Å². The minimum absolute atomic E-state index is 0.153. The molecule has 1 fully saturated rings. The van der Waals surface area contributed by atoms with Gasteiger partial charge in [-0.25, -0.2) is 20.0 Å². The Labute approximate surface area is 206 Å². The van der Waals surface area contributed by atoms with E-state index in [0.717, 1.165) is 16.5 Å². The van der Waals surface area contributed by atoms with Crippen molar-refractivity contribution in [1.29, 1.82) is 0 Å². The van der Waals surface area contributed by atoms with Gasteiger partial charge in [0.25, 0.3) is 0 Å². The summed E-state index contributed by atoms with van der Waals surface area (Å²) in [5.74, 6) is -0.196. The van der Waals surface area contributed by atoms with Gasteiger partial charge in [-0.05, 0) is 30.9 Å². The molecule has 3 aromatic heterocycles. The molecule has 0 aliphatic carbocycles. The van der Waals surface area contributed by atoms with E-state index >= 15 is 0 Å². The van der Waals surface area contributed by atoms with Gasteiger partial charge in [0.15, 0.2) is 11.5 Å². The molecule has 0 bridgehead atoms. The van der Waals surface area contributed by atoms with E-state index in [-0.39, 0.29) is 18.8 Å². The van der Waals surface area contributed by atoms with E-state index in [4.69, 9.17) is 15.0 Å². The summed E-state index contributed by atoms with van der Waals surface area (Å²) in [5.41, 5.74) is 8.57. The zero-order chi connectivity index (χ0) is 25.3. The number of hydrogen-bond donors (Lipinski definition) is 4. The fourth-order valence-corrected chi connectivity index (χ4v) is 5.42. The predicted molar refractivity (Wildman–Crippen MR) is 129 cm³/mol. The Kier molecular flexibility index (Phi) is 6.73. The number of H-pyrrole nitrogens is 1. The van der Waals surface area contributed by atoms with E-state index in [9.17, 15) is 14.3 Å². The first-order valence-electron chi connectivity index (χ1n) is 11.4. The van der Waals surface area contributed by atoms with Crippen LogP contribution in [0.3, 0.4) is 0 Å². The number of imidazole rings is 1. The van der Waals surface area contributed by atoms with Crippen LogP contribution in [0.5, 0.6) is 0 Å². The van der Waals surface area contributed by atoms with Crippen LogP contribution in [-0.4, -0.2) is 56.2 Å². The second-order valence-corrected chi connectivity index (χ2v) is 10.0. The zero-order valence-electron chi connectivity index (χ0n) is 19.5. The second kappa shape index (κ2) is 9.96. The fourth-order valence-electron chi connectivity index (χ4n) is 4.40. The van der Waals surface area contributed by atoms with Crippen molar-refractivity contribution in [1.82, 2.24) is 34.9 Å². The topological polar surface area (TPSA) is 185 Å². The summed E-state index contributed by atoms with van der Waals surface area (Å²) < 4.78 is 25.7. The standard InChI is InChI=1S/C22H27N8O5P/c1-24-22(31)17(8-13-9-25-16-5-3-2-4-15(13)16)29-36(32,33)34-10-14-6-7-18(35-14)30-12-28-19-20(23)26-11-27-21(19)30/h2-5,9,11-12,14,17-18,25H,6-8,10H2,1H3,(H,24,31)(H2,23,26,27)(H2,29,32,33)/p-1/t14-,17-,18+/m0/s1. The monoisotopic (exact) mass is 513 g/mol. The Morgan fingerprint density at radius 3 is 3.03 bits per heavy atom. The summed E-state index contributed by atoms with van der Waals surface area (Å²) in [5, 5.41) is 5.81. The van der Waals surface area contributed by atoms with E-state index in [2.05, 4.69) is 30.3 Å². The third-order valence-electron chi connectivity index (χ3n) is 6.19. The van der Waals surface area contributed by atoms with Gasteiger partial charge in [0.1, 0.15) is 18.1 Å². The fraction of sp³-hybridized carbons (Fsp3) is 0.364. The molecular formula is C22H26N8O5P-. The van der Waals surface area contributed by atoms with Crippen LogP contribution in [0.25, 0.3) is 22.1 Å². The number of ether oxygens (including phenoxy) is 1. The van der Waals surface area contributed by atoms with E-state index in [1.807, 2.05) is 24.3 Å². The average molecular weight is 513 g/mol. The SMILES string of the molecule is CNC(=O)[C@H](Cc1c[nH]c2ccccc12)NP(=O)([O-])OC[C@@H]1CC[C@H](n2cnc3c(N)ncnc32)O1. The van der Waals surface area contributed by atoms with Gasteiger partial charge in [-0.15, -0.1) is 0 Å². The van der Waals surface area contributed by atoms with Crippen LogP contribution in [0.2, 0.25) is 0 Å². The first kappa shape index (κ1) is 24.3. The van der Waals surface area contributed by atoms with Gasteiger partial charge < -0.3 is 30.2 Å². The van der Waals surface area contributed by atoms with Crippen molar-refractivity contribution in [2.24, 2.45) is 0 Å². The molecular weight excluding hydrogens is 487 g/mol. The summed E-state index contributed by atoms with van der Waals surface area (Å²) in [6.07, 6.45) is 5.16. The molecule has 1 amide bonds. The normalized spacial score (nSPS) is 20.5. The molecule has 1 saturated heterocycles. The van der Waals surface area contributed by atoms with Crippen LogP contribution in [0.4, 0.5) is 5.82 Å². The zero-order valence-corrected chi connectivity index (χ0v) is 20.4. The first-order valence-corrected chi connectivity index (χ1v) is 13.0. The lowest BCUT2D eigenvalue weighted by Gasteiger charge is -2.29. The molecule has 1 aliphatic rings. The maximum absolute atomic E-state index is 12.7. The van der Waals surface area contributed by atoms with Gasteiger partial charge in [-0.2, -0.15) is 0 Å². The van der Waals surface area contributed by atoms with Gasteiger partial charge in [-0.3, -0.25) is 13.9 Å². The first-order chi connectivity index (χ1) is 17.3. The molecule has 1 aliphatic heterocycles. The molecule has 4 atom stereocenters. The van der Waals surface area contributed by atoms with Crippen molar-refractivity contribution in [2.75, 3.05) is 19.4 Å². The number of fused-ring (bicyclic) bond motifs is 2. The number of aromatic amines is 1. The number of carbonyl (C=O) groups is 1. The number of nitrogen functional groups attached to an aromatic ring is 1. The van der Waals surface area contributed by atoms with Crippen molar-refractivity contribution < 1.29 is 23.5 Å². The van der Waals surface area contributed by atoms with Crippen molar-refractivity contribution in [3.8, 4) is 0 Å². The van der Waals surface area contributed by atoms with Crippen molar-refractivity contribution in [3.63, 3.8) is 0 Å². The second-order valence-electron chi connectivity index (χ2n) is 8.53. The Morgan fingerprint density at radius 1 is 1.36 bits per heavy atom. The highest BCUT2D eigenvalue weighted by molar-refractivity contribution is 7.49. The van der Waals surface area contributed by atoms with Crippen LogP contribution in [0, 0.1) is 0 Å². The quantitative estimate of drug-likeness (QED) is 0.235. The number of carbonyl (C=O) groups excluding carboxylic acids is 1. The number of amides is 1. The largest absolute Gasteiger partial charge is 0.766 e. The number of hydrogen-bond acceptors (Lipinski definition) is 9.